The molecule has 1 aliphatic rings. The van der Waals surface area contributed by atoms with Crippen LogP contribution in [0.3, 0.4) is 0 Å². The van der Waals surface area contributed by atoms with Crippen LogP contribution >= 0.6 is 0 Å². The normalized spacial score (nSPS) is 15.5. The molecule has 4 heteroatoms. The summed E-state index contributed by atoms with van der Waals surface area (Å²) in [5, 5.41) is 4.84. The first-order valence-electron chi connectivity index (χ1n) is 8.93. The molecule has 25 heavy (non-hydrogen) atoms. The van der Waals surface area contributed by atoms with Crippen LogP contribution < -0.4 is 4.90 Å². The van der Waals surface area contributed by atoms with Crippen LogP contribution in [-0.4, -0.2) is 40.9 Å². The third-order valence-corrected chi connectivity index (χ3v) is 4.82. The first-order valence-corrected chi connectivity index (χ1v) is 8.93. The minimum Gasteiger partial charge on any atom is -0.353 e. The largest absolute Gasteiger partial charge is 0.353 e. The van der Waals surface area contributed by atoms with Gasteiger partial charge in [-0.3, -0.25) is 4.90 Å². The Morgan fingerprint density at radius 1 is 0.840 bits per heavy atom. The molecule has 4 nitrogen and oxygen atoms in total. The predicted molar refractivity (Wildman–Crippen MR) is 102 cm³/mol. The highest BCUT2D eigenvalue weighted by Crippen LogP contribution is 2.20. The summed E-state index contributed by atoms with van der Waals surface area (Å²) in [6.45, 7) is 7.36. The number of hydrogen-bond acceptors (Lipinski definition) is 3. The second-order valence-corrected chi connectivity index (χ2v) is 6.64. The van der Waals surface area contributed by atoms with Crippen LogP contribution in [0.4, 0.5) is 5.82 Å². The average Bonchev–Trinajstić information content (AvgIpc) is 3.06. The van der Waals surface area contributed by atoms with E-state index in [0.29, 0.717) is 0 Å². The van der Waals surface area contributed by atoms with Gasteiger partial charge in [-0.15, -0.1) is 0 Å². The molecule has 1 saturated heterocycles. The fourth-order valence-electron chi connectivity index (χ4n) is 3.42. The Morgan fingerprint density at radius 3 is 2.16 bits per heavy atom. The second kappa shape index (κ2) is 7.11. The third kappa shape index (κ3) is 3.59. The summed E-state index contributed by atoms with van der Waals surface area (Å²) in [5.74, 6) is 1.08. The van der Waals surface area contributed by atoms with E-state index in [1.807, 2.05) is 10.7 Å². The van der Waals surface area contributed by atoms with Crippen LogP contribution in [0.2, 0.25) is 0 Å². The van der Waals surface area contributed by atoms with E-state index < -0.39 is 0 Å². The fourth-order valence-corrected chi connectivity index (χ4v) is 3.42. The molecule has 3 aromatic rings. The molecular weight excluding hydrogens is 308 g/mol. The van der Waals surface area contributed by atoms with Crippen molar-refractivity contribution in [3.8, 4) is 5.69 Å². The van der Waals surface area contributed by atoms with Crippen molar-refractivity contribution < 1.29 is 0 Å². The van der Waals surface area contributed by atoms with Gasteiger partial charge in [0.05, 0.1) is 5.69 Å². The van der Waals surface area contributed by atoms with Crippen LogP contribution in [0.5, 0.6) is 0 Å². The molecule has 128 valence electrons. The van der Waals surface area contributed by atoms with Gasteiger partial charge in [0.25, 0.3) is 0 Å². The van der Waals surface area contributed by atoms with Gasteiger partial charge in [-0.05, 0) is 24.6 Å². The lowest BCUT2D eigenvalue weighted by Gasteiger charge is -2.34. The molecular formula is C21H24N4. The maximum Gasteiger partial charge on any atom is 0.151 e. The summed E-state index contributed by atoms with van der Waals surface area (Å²) in [4.78, 5) is 4.92. The van der Waals surface area contributed by atoms with Crippen LogP contribution in [0.15, 0.2) is 66.7 Å². The van der Waals surface area contributed by atoms with Gasteiger partial charge < -0.3 is 4.90 Å². The number of nitrogens with zero attached hydrogens (tertiary/aromatic N) is 4. The summed E-state index contributed by atoms with van der Waals surface area (Å²) in [6.07, 6.45) is 0. The van der Waals surface area contributed by atoms with Gasteiger partial charge in [0.15, 0.2) is 5.82 Å². The Bertz CT molecular complexity index is 802. The summed E-state index contributed by atoms with van der Waals surface area (Å²) in [5.41, 5.74) is 3.68. The minimum absolute atomic E-state index is 1.03. The van der Waals surface area contributed by atoms with Gasteiger partial charge in [0, 0.05) is 44.5 Å². The molecule has 0 radical (unpaired) electrons. The maximum absolute atomic E-state index is 4.84. The zero-order chi connectivity index (χ0) is 17.1. The lowest BCUT2D eigenvalue weighted by molar-refractivity contribution is 0.249. The quantitative estimate of drug-likeness (QED) is 0.731. The van der Waals surface area contributed by atoms with Gasteiger partial charge >= 0.3 is 0 Å². The van der Waals surface area contributed by atoms with Gasteiger partial charge in [0.2, 0.25) is 0 Å². The number of hydrogen-bond donors (Lipinski definition) is 0. The Labute approximate surface area is 149 Å². The number of rotatable bonds is 4. The SMILES string of the molecule is Cc1cc(N2CCN(Cc3ccccc3)CC2)nn1-c1ccccc1. The number of aryl methyl sites for hydroxylation is 1. The van der Waals surface area contributed by atoms with Crippen molar-refractivity contribution in [3.63, 3.8) is 0 Å². The van der Waals surface area contributed by atoms with Gasteiger partial charge in [-0.25, -0.2) is 4.68 Å². The lowest BCUT2D eigenvalue weighted by Crippen LogP contribution is -2.46. The maximum atomic E-state index is 4.84. The van der Waals surface area contributed by atoms with E-state index in [9.17, 15) is 0 Å². The van der Waals surface area contributed by atoms with E-state index in [1.165, 1.54) is 11.3 Å². The molecule has 1 fully saturated rings. The predicted octanol–water partition coefficient (Wildman–Crippen LogP) is 3.50. The zero-order valence-corrected chi connectivity index (χ0v) is 14.7. The Hall–Kier alpha value is -2.59. The summed E-state index contributed by atoms with van der Waals surface area (Å²) in [6, 6.07) is 23.3. The van der Waals surface area contributed by atoms with Gasteiger partial charge in [0.1, 0.15) is 0 Å². The monoisotopic (exact) mass is 332 g/mol. The Kier molecular flexibility index (Phi) is 4.53. The molecule has 2 aromatic carbocycles. The van der Waals surface area contributed by atoms with E-state index in [4.69, 9.17) is 5.10 Å². The van der Waals surface area contributed by atoms with Crippen molar-refractivity contribution in [2.45, 2.75) is 13.5 Å². The van der Waals surface area contributed by atoms with Crippen molar-refractivity contribution in [2.24, 2.45) is 0 Å². The van der Waals surface area contributed by atoms with Gasteiger partial charge in [-0.1, -0.05) is 48.5 Å². The first kappa shape index (κ1) is 15.9. The lowest BCUT2D eigenvalue weighted by atomic mass is 10.2. The molecule has 4 rings (SSSR count). The molecule has 0 saturated carbocycles. The third-order valence-electron chi connectivity index (χ3n) is 4.82. The number of aromatic nitrogens is 2. The molecule has 0 aliphatic carbocycles. The highest BCUT2D eigenvalue weighted by molar-refractivity contribution is 5.44. The summed E-state index contributed by atoms with van der Waals surface area (Å²) in [7, 11) is 0. The molecule has 1 aromatic heterocycles. The number of anilines is 1. The molecule has 0 spiro atoms. The van der Waals surface area contributed by atoms with Crippen molar-refractivity contribution in [2.75, 3.05) is 31.1 Å². The van der Waals surface area contributed by atoms with Crippen LogP contribution in [0, 0.1) is 6.92 Å². The smallest absolute Gasteiger partial charge is 0.151 e. The van der Waals surface area contributed by atoms with E-state index in [1.54, 1.807) is 0 Å². The molecule has 2 heterocycles. The fraction of sp³-hybridized carbons (Fsp3) is 0.286. The Balaban J connectivity index is 1.41. The summed E-state index contributed by atoms with van der Waals surface area (Å²) < 4.78 is 2.03. The van der Waals surface area contributed by atoms with E-state index >= 15 is 0 Å². The van der Waals surface area contributed by atoms with E-state index in [0.717, 1.165) is 44.2 Å². The summed E-state index contributed by atoms with van der Waals surface area (Å²) >= 11 is 0. The highest BCUT2D eigenvalue weighted by atomic mass is 15.4. The van der Waals surface area contributed by atoms with Crippen molar-refractivity contribution in [1.29, 1.82) is 0 Å². The average molecular weight is 332 g/mol. The van der Waals surface area contributed by atoms with Gasteiger partial charge in [-0.2, -0.15) is 5.10 Å². The van der Waals surface area contributed by atoms with Crippen LogP contribution in [0.25, 0.3) is 5.69 Å². The topological polar surface area (TPSA) is 24.3 Å². The molecule has 0 atom stereocenters. The van der Waals surface area contributed by atoms with Crippen LogP contribution in [0.1, 0.15) is 11.3 Å². The van der Waals surface area contributed by atoms with E-state index in [-0.39, 0.29) is 0 Å². The zero-order valence-electron chi connectivity index (χ0n) is 14.7. The molecule has 0 N–H and O–H groups in total. The first-order chi connectivity index (χ1) is 12.3. The van der Waals surface area contributed by atoms with Crippen molar-refractivity contribution >= 4 is 5.82 Å². The van der Waals surface area contributed by atoms with E-state index in [2.05, 4.69) is 77.4 Å². The number of para-hydroxylation sites is 1. The number of benzene rings is 2. The molecule has 0 amide bonds. The second-order valence-electron chi connectivity index (χ2n) is 6.64. The Morgan fingerprint density at radius 2 is 1.48 bits per heavy atom. The van der Waals surface area contributed by atoms with Crippen molar-refractivity contribution in [3.05, 3.63) is 78.0 Å². The minimum atomic E-state index is 1.03. The van der Waals surface area contributed by atoms with Crippen LogP contribution in [-0.2, 0) is 6.54 Å². The van der Waals surface area contributed by atoms with Crippen molar-refractivity contribution in [1.82, 2.24) is 14.7 Å². The number of piperazine rings is 1. The highest BCUT2D eigenvalue weighted by Gasteiger charge is 2.20. The molecule has 1 aliphatic heterocycles. The standard InChI is InChI=1S/C21H24N4/c1-18-16-21(22-25(18)20-10-6-3-7-11-20)24-14-12-23(13-15-24)17-19-8-4-2-5-9-19/h2-11,16H,12-15,17H2,1H3. The molecule has 0 bridgehead atoms. The molecule has 0 unspecified atom stereocenters.